The molecule has 0 bridgehead atoms. The first-order valence-corrected chi connectivity index (χ1v) is 6.89. The van der Waals surface area contributed by atoms with Crippen LogP contribution in [0.5, 0.6) is 0 Å². The minimum atomic E-state index is 0.498. The highest BCUT2D eigenvalue weighted by Gasteiger charge is 2.09. The molecule has 6 heteroatoms. The van der Waals surface area contributed by atoms with Crippen LogP contribution in [-0.2, 0) is 6.54 Å². The first-order valence-electron chi connectivity index (χ1n) is 5.28. The summed E-state index contributed by atoms with van der Waals surface area (Å²) in [7, 11) is 0. The van der Waals surface area contributed by atoms with Crippen LogP contribution in [0.25, 0.3) is 10.6 Å². The molecule has 2 aliphatic heterocycles. The predicted molar refractivity (Wildman–Crippen MR) is 75.9 cm³/mol. The third-order valence-electron chi connectivity index (χ3n) is 2.55. The monoisotopic (exact) mass is 293 g/mol. The number of aromatic nitrogens is 3. The second-order valence-corrected chi connectivity index (χ2v) is 5.96. The van der Waals surface area contributed by atoms with E-state index in [-0.39, 0.29) is 0 Å². The van der Waals surface area contributed by atoms with Crippen molar-refractivity contribution < 1.29 is 0 Å². The lowest BCUT2D eigenvalue weighted by molar-refractivity contribution is 0.673. The van der Waals surface area contributed by atoms with Gasteiger partial charge in [0.15, 0.2) is 0 Å². The maximum atomic E-state index is 5.77. The smallest absolute Gasteiger partial charge is 0.129 e. The molecule has 0 fully saturated rings. The van der Waals surface area contributed by atoms with Crippen molar-refractivity contribution in [3.05, 3.63) is 51.2 Å². The SMILES string of the molecule is S=c1cc2n(Cc3ccc(Cl)nc3)nccc-2s1. The maximum absolute atomic E-state index is 5.77. The highest BCUT2D eigenvalue weighted by molar-refractivity contribution is 7.73. The van der Waals surface area contributed by atoms with Crippen molar-refractivity contribution in [1.82, 2.24) is 14.8 Å². The molecule has 1 aromatic rings. The van der Waals surface area contributed by atoms with Crippen LogP contribution >= 0.6 is 35.2 Å². The van der Waals surface area contributed by atoms with Crippen molar-refractivity contribution in [3.63, 3.8) is 0 Å². The number of thiophene rings is 1. The Hall–Kier alpha value is -1.30. The summed E-state index contributed by atoms with van der Waals surface area (Å²) < 4.78 is 2.80. The van der Waals surface area contributed by atoms with Gasteiger partial charge in [0.05, 0.1) is 20.9 Å². The molecule has 2 aliphatic rings. The van der Waals surface area contributed by atoms with Gasteiger partial charge >= 0.3 is 0 Å². The first kappa shape index (κ1) is 11.8. The van der Waals surface area contributed by atoms with E-state index in [1.807, 2.05) is 22.9 Å². The van der Waals surface area contributed by atoms with E-state index < -0.39 is 0 Å². The third kappa shape index (κ3) is 2.29. The molecule has 0 aliphatic carbocycles. The number of fused-ring (bicyclic) bond motifs is 1. The predicted octanol–water partition coefficient (Wildman–Crippen LogP) is 3.88. The van der Waals surface area contributed by atoms with Crippen LogP contribution < -0.4 is 0 Å². The van der Waals surface area contributed by atoms with Crippen molar-refractivity contribution in [3.8, 4) is 10.6 Å². The van der Waals surface area contributed by atoms with Crippen LogP contribution in [0.3, 0.4) is 0 Å². The van der Waals surface area contributed by atoms with Crippen LogP contribution in [-0.4, -0.2) is 14.8 Å². The minimum absolute atomic E-state index is 0.498. The van der Waals surface area contributed by atoms with Crippen molar-refractivity contribution in [1.29, 1.82) is 0 Å². The number of hydrogen-bond acceptors (Lipinski definition) is 4. The molecule has 1 aromatic heterocycles. The molecule has 0 N–H and O–H groups in total. The minimum Gasteiger partial charge on any atom is -0.260 e. The van der Waals surface area contributed by atoms with Gasteiger partial charge in [-0.3, -0.25) is 4.68 Å². The van der Waals surface area contributed by atoms with Gasteiger partial charge in [-0.2, -0.15) is 5.10 Å². The summed E-state index contributed by atoms with van der Waals surface area (Å²) in [4.78, 5) is 5.22. The summed E-state index contributed by atoms with van der Waals surface area (Å²) in [5.41, 5.74) is 2.11. The lowest BCUT2D eigenvalue weighted by Crippen LogP contribution is -2.07. The van der Waals surface area contributed by atoms with Crippen LogP contribution in [0.2, 0.25) is 5.15 Å². The van der Waals surface area contributed by atoms with Gasteiger partial charge in [-0.05, 0) is 23.8 Å². The summed E-state index contributed by atoms with van der Waals surface area (Å²) in [6, 6.07) is 7.69. The Morgan fingerprint density at radius 3 is 3.00 bits per heavy atom. The third-order valence-corrected chi connectivity index (χ3v) is 4.02. The standard InChI is InChI=1S/C12H8ClN3S2/c13-11-2-1-8(6-14-11)7-16-9-5-12(17)18-10(9)3-4-15-16/h1-6H,7H2. The van der Waals surface area contributed by atoms with Gasteiger partial charge in [0.25, 0.3) is 0 Å². The molecule has 0 spiro atoms. The summed E-state index contributed by atoms with van der Waals surface area (Å²) >= 11 is 12.6. The molecule has 0 saturated carbocycles. The number of rotatable bonds is 2. The molecule has 3 heterocycles. The fraction of sp³-hybridized carbons (Fsp3) is 0.0833. The van der Waals surface area contributed by atoms with Gasteiger partial charge in [-0.25, -0.2) is 4.98 Å². The normalized spacial score (nSPS) is 10.9. The molecule has 0 saturated heterocycles. The molecule has 90 valence electrons. The maximum Gasteiger partial charge on any atom is 0.129 e. The summed E-state index contributed by atoms with van der Waals surface area (Å²) in [5.74, 6) is 0. The van der Waals surface area contributed by atoms with E-state index >= 15 is 0 Å². The Morgan fingerprint density at radius 2 is 2.22 bits per heavy atom. The molecular formula is C12H8ClN3S2. The Kier molecular flexibility index (Phi) is 3.11. The lowest BCUT2D eigenvalue weighted by Gasteiger charge is -2.10. The van der Waals surface area contributed by atoms with Crippen LogP contribution in [0.4, 0.5) is 0 Å². The Balaban J connectivity index is 2.00. The molecule has 3 nitrogen and oxygen atoms in total. The number of hydrogen-bond donors (Lipinski definition) is 0. The average molecular weight is 294 g/mol. The van der Waals surface area contributed by atoms with Gasteiger partial charge in [0, 0.05) is 12.4 Å². The van der Waals surface area contributed by atoms with Gasteiger partial charge in [-0.1, -0.05) is 29.9 Å². The van der Waals surface area contributed by atoms with E-state index in [2.05, 4.69) is 10.1 Å². The summed E-state index contributed by atoms with van der Waals surface area (Å²) in [6.07, 6.45) is 3.55. The van der Waals surface area contributed by atoms with E-state index in [9.17, 15) is 0 Å². The summed E-state index contributed by atoms with van der Waals surface area (Å²) in [5, 5.41) is 4.85. The number of pyridine rings is 1. The first-order chi connectivity index (χ1) is 8.72. The van der Waals surface area contributed by atoms with Gasteiger partial charge in [0.1, 0.15) is 5.15 Å². The Labute approximate surface area is 118 Å². The lowest BCUT2D eigenvalue weighted by atomic mass is 10.2. The van der Waals surface area contributed by atoms with Crippen molar-refractivity contribution in [2.45, 2.75) is 6.54 Å². The Bertz CT molecular complexity index is 702. The zero-order chi connectivity index (χ0) is 12.5. The molecule has 0 radical (unpaired) electrons. The van der Waals surface area contributed by atoms with Gasteiger partial charge in [-0.15, -0.1) is 11.3 Å². The topological polar surface area (TPSA) is 30.7 Å². The molecule has 0 amide bonds. The van der Waals surface area contributed by atoms with Gasteiger partial charge < -0.3 is 0 Å². The van der Waals surface area contributed by atoms with Crippen LogP contribution in [0.15, 0.2) is 36.7 Å². The van der Waals surface area contributed by atoms with Crippen molar-refractivity contribution in [2.24, 2.45) is 0 Å². The average Bonchev–Trinajstić information content (AvgIpc) is 2.73. The quantitative estimate of drug-likeness (QED) is 0.531. The molecule has 0 aromatic carbocycles. The molecule has 3 rings (SSSR count). The zero-order valence-corrected chi connectivity index (χ0v) is 11.6. The zero-order valence-electron chi connectivity index (χ0n) is 9.21. The Morgan fingerprint density at radius 1 is 1.33 bits per heavy atom. The molecule has 18 heavy (non-hydrogen) atoms. The largest absolute Gasteiger partial charge is 0.260 e. The fourth-order valence-electron chi connectivity index (χ4n) is 1.74. The highest BCUT2D eigenvalue weighted by atomic mass is 35.5. The summed E-state index contributed by atoms with van der Waals surface area (Å²) in [6.45, 7) is 0.660. The van der Waals surface area contributed by atoms with Crippen LogP contribution in [0.1, 0.15) is 5.56 Å². The molecule has 0 unspecified atom stereocenters. The van der Waals surface area contributed by atoms with E-state index in [0.717, 1.165) is 20.0 Å². The van der Waals surface area contributed by atoms with E-state index in [1.165, 1.54) is 0 Å². The highest BCUT2D eigenvalue weighted by Crippen LogP contribution is 2.28. The van der Waals surface area contributed by atoms with Crippen LogP contribution in [0, 0.1) is 3.82 Å². The molecule has 0 atom stereocenters. The van der Waals surface area contributed by atoms with Crippen molar-refractivity contribution >= 4 is 35.2 Å². The molecular weight excluding hydrogens is 286 g/mol. The fourth-order valence-corrected chi connectivity index (χ4v) is 3.01. The van der Waals surface area contributed by atoms with Gasteiger partial charge in [0.2, 0.25) is 0 Å². The van der Waals surface area contributed by atoms with E-state index in [1.54, 1.807) is 29.8 Å². The number of nitrogens with zero attached hydrogens (tertiary/aromatic N) is 3. The van der Waals surface area contributed by atoms with E-state index in [0.29, 0.717) is 11.7 Å². The second kappa shape index (κ2) is 4.76. The van der Waals surface area contributed by atoms with Crippen molar-refractivity contribution in [2.75, 3.05) is 0 Å². The second-order valence-electron chi connectivity index (χ2n) is 3.79. The van der Waals surface area contributed by atoms with E-state index in [4.69, 9.17) is 23.8 Å². The number of halogens is 1.